The Balaban J connectivity index is -0.00000101. The second kappa shape index (κ2) is 29.4. The van der Waals surface area contributed by atoms with E-state index in [1.807, 2.05) is 201 Å². The number of hydrogen-bond acceptors (Lipinski definition) is 14. The molecular weight excluding hydrogens is 921 g/mol. The quantitative estimate of drug-likeness (QED) is 0.0746. The molecule has 0 spiro atoms. The Bertz CT molecular complexity index is 1480. The van der Waals surface area contributed by atoms with Gasteiger partial charge in [0.15, 0.2) is 0 Å². The molecule has 0 aliphatic rings. The predicted molar refractivity (Wildman–Crippen MR) is 291 cm³/mol. The molecule has 0 radical (unpaired) electrons. The van der Waals surface area contributed by atoms with Gasteiger partial charge in [-0.05, 0) is 262 Å². The third kappa shape index (κ3) is 39.1. The molecule has 0 aromatic heterocycles. The van der Waals surface area contributed by atoms with Crippen molar-refractivity contribution in [2.24, 2.45) is 0 Å². The maximum atomic E-state index is 9.24. The highest BCUT2D eigenvalue weighted by atomic mass is 17.2. The maximum absolute atomic E-state index is 9.24. The Morgan fingerprint density at radius 2 is 0.458 bits per heavy atom. The van der Waals surface area contributed by atoms with Crippen LogP contribution in [-0.2, 0) is 75.5 Å². The van der Waals surface area contributed by atoms with Crippen molar-refractivity contribution < 1.29 is 68.9 Å². The summed E-state index contributed by atoms with van der Waals surface area (Å²) in [4.78, 5) is 66.5. The summed E-state index contributed by atoms with van der Waals surface area (Å²) in [6, 6.07) is 6.17. The minimum atomic E-state index is -0.736. The topological polar surface area (TPSA) is 151 Å². The number of rotatable bonds is 24. The number of aliphatic hydroxyl groups excluding tert-OH is 2. The summed E-state index contributed by atoms with van der Waals surface area (Å²) < 4.78 is 0. The zero-order valence-electron chi connectivity index (χ0n) is 52.7. The van der Waals surface area contributed by atoms with Crippen molar-refractivity contribution in [3.05, 3.63) is 34.9 Å². The minimum absolute atomic E-state index is 0.174. The summed E-state index contributed by atoms with van der Waals surface area (Å²) in [6.45, 7) is 64.5. The second-order valence-electron chi connectivity index (χ2n) is 27.7. The Morgan fingerprint density at radius 3 is 0.625 bits per heavy atom. The smallest absolute Gasteiger partial charge is 0.123 e. The van der Waals surface area contributed by atoms with Crippen LogP contribution in [0.25, 0.3) is 0 Å². The normalized spacial score (nSPS) is 14.9. The van der Waals surface area contributed by atoms with Crippen LogP contribution in [0, 0.1) is 0 Å². The van der Waals surface area contributed by atoms with Crippen molar-refractivity contribution in [2.45, 2.75) is 340 Å². The third-order valence-electron chi connectivity index (χ3n) is 10.1. The van der Waals surface area contributed by atoms with Gasteiger partial charge in [0, 0.05) is 12.8 Å². The van der Waals surface area contributed by atoms with Crippen LogP contribution >= 0.6 is 0 Å². The van der Waals surface area contributed by atoms with Gasteiger partial charge in [-0.1, -0.05) is 20.8 Å². The first kappa shape index (κ1) is 74.9. The van der Waals surface area contributed by atoms with Crippen molar-refractivity contribution in [3.63, 3.8) is 0 Å². The van der Waals surface area contributed by atoms with E-state index in [0.29, 0.717) is 12.8 Å². The molecule has 0 fully saturated rings. The van der Waals surface area contributed by atoms with Crippen LogP contribution in [-0.4, -0.2) is 72.8 Å². The SMILES string of the molecule is CC(C)(C)OOC(C)(C)c1cc(C(C)(C)OOC(C)(C)C)cc(C(C)(C)OOC(C)(C)C)c1.CC(O)CC(C)(C)OOC(C)(C)C.CCC(C)(C)OOC(C)(C)CC.CCC(C)(C)OOC(C)(C)CC(C)O. The molecule has 0 heterocycles. The predicted octanol–water partition coefficient (Wildman–Crippen LogP) is 15.9. The van der Waals surface area contributed by atoms with E-state index in [4.69, 9.17) is 58.7 Å². The molecule has 2 unspecified atom stereocenters. The summed E-state index contributed by atoms with van der Waals surface area (Å²) in [7, 11) is 0. The van der Waals surface area contributed by atoms with Crippen molar-refractivity contribution >= 4 is 0 Å². The van der Waals surface area contributed by atoms with Crippen LogP contribution in [0.15, 0.2) is 18.2 Å². The minimum Gasteiger partial charge on any atom is -0.393 e. The molecule has 1 aromatic carbocycles. The van der Waals surface area contributed by atoms with E-state index in [9.17, 15) is 10.2 Å². The lowest BCUT2D eigenvalue weighted by atomic mass is 9.85. The van der Waals surface area contributed by atoms with Gasteiger partial charge in [-0.2, -0.15) is 0 Å². The van der Waals surface area contributed by atoms with E-state index in [1.54, 1.807) is 13.8 Å². The highest BCUT2D eigenvalue weighted by Gasteiger charge is 2.36. The molecule has 0 amide bonds. The van der Waals surface area contributed by atoms with E-state index in [2.05, 4.69) is 32.0 Å². The third-order valence-corrected chi connectivity index (χ3v) is 10.1. The molecule has 14 heteroatoms. The fraction of sp³-hybridized carbons (Fsp3) is 0.897. The summed E-state index contributed by atoms with van der Waals surface area (Å²) in [5, 5.41) is 18.4. The van der Waals surface area contributed by atoms with E-state index in [1.165, 1.54) is 0 Å². The number of hydrogen-bond donors (Lipinski definition) is 2. The van der Waals surface area contributed by atoms with Crippen molar-refractivity contribution in [1.82, 2.24) is 0 Å². The molecule has 0 saturated heterocycles. The van der Waals surface area contributed by atoms with Gasteiger partial charge >= 0.3 is 0 Å². The maximum Gasteiger partial charge on any atom is 0.123 e. The lowest BCUT2D eigenvalue weighted by Gasteiger charge is -2.35. The Hall–Kier alpha value is -1.34. The lowest BCUT2D eigenvalue weighted by molar-refractivity contribution is -0.404. The molecule has 1 aromatic rings. The summed E-state index contributed by atoms with van der Waals surface area (Å²) in [5.74, 6) is 0. The van der Waals surface area contributed by atoms with Crippen LogP contribution in [0.4, 0.5) is 0 Å². The zero-order chi connectivity index (χ0) is 58.0. The first-order valence-electron chi connectivity index (χ1n) is 26.3. The standard InChI is InChI=1S/C27H48O6.C11H24O3.C10H22O3.C10H22O2/c1-22(2,3)28-31-25(10,11)19-16-20(26(12,13)32-29-23(4,5)6)18-21(17-19)27(14,15)33-30-24(7,8)9;1-7-10(3,4)13-14-11(5,6)8-9(2)12;1-8(11)7-10(5,6)13-12-9(2,3)4;1-7-9(3,4)11-12-10(5,6)8-2/h16-18H,1-15H3;9,12H,7-8H2,1-6H3;8,11H,7H2,1-6H3;7-8H2,1-6H3. The van der Waals surface area contributed by atoms with E-state index < -0.39 is 44.8 Å². The highest BCUT2D eigenvalue weighted by Crippen LogP contribution is 2.38. The second-order valence-corrected chi connectivity index (χ2v) is 27.7. The van der Waals surface area contributed by atoms with Gasteiger partial charge in [0.2, 0.25) is 0 Å². The van der Waals surface area contributed by atoms with Gasteiger partial charge in [-0.3, -0.25) is 0 Å². The molecule has 14 nitrogen and oxygen atoms in total. The molecule has 2 atom stereocenters. The lowest BCUT2D eigenvalue weighted by Crippen LogP contribution is -2.34. The van der Waals surface area contributed by atoms with Crippen LogP contribution in [0.1, 0.15) is 277 Å². The zero-order valence-corrected chi connectivity index (χ0v) is 52.7. The van der Waals surface area contributed by atoms with Gasteiger partial charge in [-0.25, -0.2) is 58.7 Å². The van der Waals surface area contributed by atoms with Crippen molar-refractivity contribution in [3.8, 4) is 0 Å². The van der Waals surface area contributed by atoms with Gasteiger partial charge in [-0.15, -0.1) is 0 Å². The molecule has 0 aliphatic heterocycles. The molecular formula is C58H116O14. The monoisotopic (exact) mass is 1040 g/mol. The fourth-order valence-corrected chi connectivity index (χ4v) is 4.86. The van der Waals surface area contributed by atoms with Crippen LogP contribution in [0.2, 0.25) is 0 Å². The van der Waals surface area contributed by atoms with Crippen molar-refractivity contribution in [1.29, 1.82) is 0 Å². The molecule has 0 aliphatic carbocycles. The van der Waals surface area contributed by atoms with Gasteiger partial charge in [0.1, 0.15) is 28.0 Å². The first-order chi connectivity index (χ1) is 31.6. The van der Waals surface area contributed by atoms with Crippen LogP contribution < -0.4 is 0 Å². The van der Waals surface area contributed by atoms with Gasteiger partial charge in [0.05, 0.1) is 51.4 Å². The van der Waals surface area contributed by atoms with Gasteiger partial charge in [0.25, 0.3) is 0 Å². The van der Waals surface area contributed by atoms with Crippen LogP contribution in [0.5, 0.6) is 0 Å². The average Bonchev–Trinajstić information content (AvgIpc) is 3.18. The van der Waals surface area contributed by atoms with E-state index in [0.717, 1.165) is 36.0 Å². The Kier molecular flexibility index (Phi) is 30.6. The van der Waals surface area contributed by atoms with E-state index >= 15 is 0 Å². The largest absolute Gasteiger partial charge is 0.393 e. The first-order valence-corrected chi connectivity index (χ1v) is 26.3. The van der Waals surface area contributed by atoms with Gasteiger partial charge < -0.3 is 10.2 Å². The molecule has 72 heavy (non-hydrogen) atoms. The van der Waals surface area contributed by atoms with E-state index in [-0.39, 0.29) is 34.6 Å². The van der Waals surface area contributed by atoms with Crippen molar-refractivity contribution in [2.75, 3.05) is 0 Å². The molecule has 1 rings (SSSR count). The molecule has 2 N–H and O–H groups in total. The Morgan fingerprint density at radius 1 is 0.292 bits per heavy atom. The summed E-state index contributed by atoms with van der Waals surface area (Å²) in [6.07, 6.45) is 3.16. The van der Waals surface area contributed by atoms with Crippen LogP contribution in [0.3, 0.4) is 0 Å². The molecule has 0 bridgehead atoms. The number of benzene rings is 1. The highest BCUT2D eigenvalue weighted by molar-refractivity contribution is 5.38. The molecule has 432 valence electrons. The number of aliphatic hydroxyl groups is 2. The molecule has 0 saturated carbocycles. The summed E-state index contributed by atoms with van der Waals surface area (Å²) >= 11 is 0. The fourth-order valence-electron chi connectivity index (χ4n) is 4.86. The average molecular weight is 1040 g/mol. The summed E-state index contributed by atoms with van der Waals surface area (Å²) in [5.41, 5.74) is -2.60. The Labute approximate surface area is 442 Å².